The Morgan fingerprint density at radius 2 is 2.03 bits per heavy atom. The van der Waals surface area contributed by atoms with E-state index in [-0.39, 0.29) is 30.7 Å². The van der Waals surface area contributed by atoms with E-state index in [1.165, 1.54) is 21.6 Å². The Morgan fingerprint density at radius 3 is 2.69 bits per heavy atom. The third-order valence-electron chi connectivity index (χ3n) is 6.29. The molecule has 0 bridgehead atoms. The van der Waals surface area contributed by atoms with Crippen molar-refractivity contribution in [3.05, 3.63) is 34.9 Å². The van der Waals surface area contributed by atoms with Crippen LogP contribution in [0.2, 0.25) is 0 Å². The van der Waals surface area contributed by atoms with Crippen molar-refractivity contribution in [3.63, 3.8) is 0 Å². The monoisotopic (exact) mass is 445 g/mol. The Hall–Kier alpha value is -2.72. The number of aliphatic hydroxyl groups excluding tert-OH is 2. The molecule has 2 heterocycles. The number of rotatable bonds is 10. The van der Waals surface area contributed by atoms with Crippen LogP contribution in [0.5, 0.6) is 5.75 Å². The number of hydrogen-bond acceptors (Lipinski definition) is 7. The third kappa shape index (κ3) is 5.55. The van der Waals surface area contributed by atoms with Gasteiger partial charge in [-0.25, -0.2) is 4.68 Å². The first-order valence-electron chi connectivity index (χ1n) is 11.4. The van der Waals surface area contributed by atoms with E-state index >= 15 is 0 Å². The van der Waals surface area contributed by atoms with Gasteiger partial charge in [0.1, 0.15) is 11.8 Å². The summed E-state index contributed by atoms with van der Waals surface area (Å²) in [5.74, 6) is 0.765. The molecule has 0 aromatic carbocycles. The van der Waals surface area contributed by atoms with Gasteiger partial charge in [-0.05, 0) is 31.6 Å². The summed E-state index contributed by atoms with van der Waals surface area (Å²) in [6.45, 7) is -0.262. The second-order valence-electron chi connectivity index (χ2n) is 8.80. The quantitative estimate of drug-likeness (QED) is 0.505. The maximum Gasteiger partial charge on any atom is 0.271 e. The van der Waals surface area contributed by atoms with Crippen molar-refractivity contribution in [2.45, 2.75) is 76.2 Å². The summed E-state index contributed by atoms with van der Waals surface area (Å²) in [6, 6.07) is 2.27. The van der Waals surface area contributed by atoms with Gasteiger partial charge >= 0.3 is 0 Å². The Morgan fingerprint density at radius 1 is 1.25 bits per heavy atom. The van der Waals surface area contributed by atoms with Gasteiger partial charge in [0.25, 0.3) is 11.5 Å². The molecular weight excluding hydrogens is 414 g/mol. The Balaban J connectivity index is 1.49. The Kier molecular flexibility index (Phi) is 7.21. The zero-order valence-electron chi connectivity index (χ0n) is 18.1. The second kappa shape index (κ2) is 10.3. The minimum Gasteiger partial charge on any atom is -0.489 e. The minimum absolute atomic E-state index is 0.112. The van der Waals surface area contributed by atoms with Gasteiger partial charge in [0, 0.05) is 18.3 Å². The van der Waals surface area contributed by atoms with E-state index in [2.05, 4.69) is 15.5 Å². The summed E-state index contributed by atoms with van der Waals surface area (Å²) in [5, 5.41) is 29.8. The molecule has 2 saturated carbocycles. The molecule has 0 spiro atoms. The molecule has 3 N–H and O–H groups in total. The molecule has 2 atom stereocenters. The first kappa shape index (κ1) is 22.5. The number of ether oxygens (including phenoxy) is 1. The zero-order chi connectivity index (χ0) is 22.5. The van der Waals surface area contributed by atoms with Crippen molar-refractivity contribution in [2.75, 3.05) is 11.9 Å². The molecule has 2 aliphatic rings. The fourth-order valence-corrected chi connectivity index (χ4v) is 4.27. The lowest BCUT2D eigenvalue weighted by molar-refractivity contribution is -0.120. The minimum atomic E-state index is -0.933. The number of nitrogens with zero attached hydrogens (tertiary/aromatic N) is 4. The highest BCUT2D eigenvalue weighted by atomic mass is 16.5. The van der Waals surface area contributed by atoms with Crippen molar-refractivity contribution in [1.82, 2.24) is 19.6 Å². The molecule has 10 heteroatoms. The van der Waals surface area contributed by atoms with Gasteiger partial charge in [-0.2, -0.15) is 10.2 Å². The normalized spacial score (nSPS) is 18.8. The van der Waals surface area contributed by atoms with Crippen LogP contribution >= 0.6 is 0 Å². The van der Waals surface area contributed by atoms with Crippen LogP contribution in [0.1, 0.15) is 57.4 Å². The van der Waals surface area contributed by atoms with Crippen molar-refractivity contribution >= 4 is 11.7 Å². The molecule has 2 fully saturated rings. The van der Waals surface area contributed by atoms with Gasteiger partial charge in [0.15, 0.2) is 5.82 Å². The number of nitrogens with one attached hydrogen (secondary N) is 1. The predicted octanol–water partition coefficient (Wildman–Crippen LogP) is 1.48. The average Bonchev–Trinajstić information content (AvgIpc) is 3.41. The molecule has 0 saturated heterocycles. The summed E-state index contributed by atoms with van der Waals surface area (Å²) in [6.07, 6.45) is 10.3. The average molecular weight is 446 g/mol. The fourth-order valence-electron chi connectivity index (χ4n) is 4.27. The number of anilines is 1. The van der Waals surface area contributed by atoms with Gasteiger partial charge in [-0.3, -0.25) is 14.3 Å². The Labute approximate surface area is 186 Å². The van der Waals surface area contributed by atoms with Crippen molar-refractivity contribution in [1.29, 1.82) is 0 Å². The van der Waals surface area contributed by atoms with Crippen LogP contribution in [0.15, 0.2) is 29.3 Å². The van der Waals surface area contributed by atoms with Gasteiger partial charge in [0.05, 0.1) is 31.6 Å². The zero-order valence-corrected chi connectivity index (χ0v) is 18.1. The van der Waals surface area contributed by atoms with Gasteiger partial charge in [-0.15, -0.1) is 0 Å². The first-order chi connectivity index (χ1) is 15.5. The number of aliphatic hydroxyl groups is 2. The summed E-state index contributed by atoms with van der Waals surface area (Å²) < 4.78 is 8.46. The molecule has 1 unspecified atom stereocenters. The van der Waals surface area contributed by atoms with Crippen molar-refractivity contribution in [3.8, 4) is 5.75 Å². The van der Waals surface area contributed by atoms with Crippen LogP contribution in [-0.2, 0) is 11.3 Å². The van der Waals surface area contributed by atoms with Crippen LogP contribution in [0, 0.1) is 5.92 Å². The molecule has 32 heavy (non-hydrogen) atoms. The number of amides is 1. The highest BCUT2D eigenvalue weighted by Gasteiger charge is 2.29. The van der Waals surface area contributed by atoms with E-state index in [1.54, 1.807) is 12.3 Å². The predicted molar refractivity (Wildman–Crippen MR) is 116 cm³/mol. The molecule has 4 rings (SSSR count). The van der Waals surface area contributed by atoms with Crippen LogP contribution in [0.25, 0.3) is 0 Å². The maximum atomic E-state index is 13.2. The van der Waals surface area contributed by atoms with Gasteiger partial charge in [0.2, 0.25) is 0 Å². The summed E-state index contributed by atoms with van der Waals surface area (Å²) in [4.78, 5) is 26.0. The topological polar surface area (TPSA) is 132 Å². The number of carbonyl (C=O) groups excluding carboxylic acids is 1. The first-order valence-corrected chi connectivity index (χ1v) is 11.4. The van der Waals surface area contributed by atoms with Crippen molar-refractivity contribution < 1.29 is 19.7 Å². The van der Waals surface area contributed by atoms with Crippen LogP contribution in [0.4, 0.5) is 5.82 Å². The Bertz CT molecular complexity index is 964. The van der Waals surface area contributed by atoms with E-state index in [1.807, 2.05) is 0 Å². The van der Waals surface area contributed by atoms with Gasteiger partial charge in [-0.1, -0.05) is 25.7 Å². The lowest BCUT2D eigenvalue weighted by Crippen LogP contribution is -2.36. The van der Waals surface area contributed by atoms with Gasteiger partial charge < -0.3 is 20.3 Å². The molecule has 0 aliphatic heterocycles. The van der Waals surface area contributed by atoms with E-state index in [4.69, 9.17) is 9.84 Å². The van der Waals surface area contributed by atoms with E-state index in [0.717, 1.165) is 44.9 Å². The molecule has 1 amide bonds. The standard InChI is InChI=1S/C22H31N5O5/c28-14-16(29)13-26-9-8-20(25-26)24-22(31)19(10-15-4-1-2-5-15)27-21(30)11-18(12-23-27)32-17-6-3-7-17/h8-9,11-12,15-17,19,28-29H,1-7,10,13-14H2,(H,24,25,31)/t16-,19?/m1/s1. The smallest absolute Gasteiger partial charge is 0.271 e. The number of carbonyl (C=O) groups is 1. The highest BCUT2D eigenvalue weighted by molar-refractivity contribution is 5.92. The highest BCUT2D eigenvalue weighted by Crippen LogP contribution is 2.32. The van der Waals surface area contributed by atoms with Crippen molar-refractivity contribution in [2.24, 2.45) is 5.92 Å². The molecule has 2 aromatic rings. The molecule has 2 aliphatic carbocycles. The molecule has 2 aromatic heterocycles. The largest absolute Gasteiger partial charge is 0.489 e. The van der Waals surface area contributed by atoms with E-state index in [0.29, 0.717) is 23.9 Å². The summed E-state index contributed by atoms with van der Waals surface area (Å²) in [7, 11) is 0. The number of aromatic nitrogens is 4. The van der Waals surface area contributed by atoms with E-state index < -0.39 is 12.1 Å². The van der Waals surface area contributed by atoms with Crippen LogP contribution < -0.4 is 15.6 Å². The number of hydrogen-bond donors (Lipinski definition) is 3. The summed E-state index contributed by atoms with van der Waals surface area (Å²) >= 11 is 0. The second-order valence-corrected chi connectivity index (χ2v) is 8.80. The van der Waals surface area contributed by atoms with Crippen LogP contribution in [0.3, 0.4) is 0 Å². The fraction of sp³-hybridized carbons (Fsp3) is 0.636. The lowest BCUT2D eigenvalue weighted by Gasteiger charge is -2.26. The summed E-state index contributed by atoms with van der Waals surface area (Å²) in [5.41, 5.74) is -0.364. The lowest BCUT2D eigenvalue weighted by atomic mass is 9.96. The molecular formula is C22H31N5O5. The maximum absolute atomic E-state index is 13.2. The third-order valence-corrected chi connectivity index (χ3v) is 6.29. The molecule has 174 valence electrons. The SMILES string of the molecule is O=C(Nc1ccn(C[C@@H](O)CO)n1)C(CC1CCCC1)n1ncc(OC2CCC2)cc1=O. The molecule has 0 radical (unpaired) electrons. The van der Waals surface area contributed by atoms with E-state index in [9.17, 15) is 14.7 Å². The van der Waals surface area contributed by atoms with Crippen LogP contribution in [-0.4, -0.2) is 54.5 Å². The molecule has 10 nitrogen and oxygen atoms in total.